The third kappa shape index (κ3) is 5.47. The Hall–Kier alpha value is 0.870. The van der Waals surface area contributed by atoms with E-state index >= 15 is 0 Å². The van der Waals surface area contributed by atoms with Crippen LogP contribution >= 0.6 is 0 Å². The van der Waals surface area contributed by atoms with Crippen LogP contribution in [0.4, 0.5) is 0 Å². The maximum absolute atomic E-state index is 10.6. The molecule has 16 heavy (non-hydrogen) atoms. The Morgan fingerprint density at radius 2 is 1.88 bits per heavy atom. The van der Waals surface area contributed by atoms with Crippen molar-refractivity contribution in [1.82, 2.24) is 0 Å². The Balaban J connectivity index is 0.00000225. The molecule has 0 amide bonds. The van der Waals surface area contributed by atoms with Crippen LogP contribution in [-0.4, -0.2) is 19.1 Å². The van der Waals surface area contributed by atoms with E-state index in [0.29, 0.717) is 18.3 Å². The number of hydrogen-bond donors (Lipinski definition) is 0. The fraction of sp³-hybridized carbons (Fsp3) is 1.00. The van der Waals surface area contributed by atoms with Crippen molar-refractivity contribution < 1.29 is 46.7 Å². The second-order valence-corrected chi connectivity index (χ2v) is 5.88. The van der Waals surface area contributed by atoms with E-state index in [1.165, 1.54) is 0 Å². The molecule has 90 valence electrons. The molecule has 0 bridgehead atoms. The average molecular weight is 258 g/mol. The molecule has 0 aromatic rings. The maximum Gasteiger partial charge on any atom is 1.00 e. The Labute approximate surface area is 120 Å². The van der Waals surface area contributed by atoms with Crippen molar-refractivity contribution in [2.24, 2.45) is 17.8 Å². The Bertz CT molecular complexity index is 302. The third-order valence-electron chi connectivity index (χ3n) is 3.20. The van der Waals surface area contributed by atoms with Crippen LogP contribution in [0.1, 0.15) is 40.0 Å². The van der Waals surface area contributed by atoms with Gasteiger partial charge in [-0.3, -0.25) is 4.18 Å². The Morgan fingerprint density at radius 1 is 1.31 bits per heavy atom. The molecule has 0 spiro atoms. The zero-order valence-electron chi connectivity index (χ0n) is 10.5. The maximum atomic E-state index is 10.6. The van der Waals surface area contributed by atoms with Gasteiger partial charge in [0.15, 0.2) is 0 Å². The first-order chi connectivity index (χ1) is 6.79. The first-order valence-electron chi connectivity index (χ1n) is 5.43. The molecule has 1 aliphatic rings. The van der Waals surface area contributed by atoms with Crippen LogP contribution in [0, 0.1) is 17.8 Å². The zero-order valence-corrected chi connectivity index (χ0v) is 13.3. The smallest absolute Gasteiger partial charge is 0.726 e. The van der Waals surface area contributed by atoms with Gasteiger partial charge >= 0.3 is 29.6 Å². The van der Waals surface area contributed by atoms with Crippen molar-refractivity contribution in [2.75, 3.05) is 0 Å². The summed E-state index contributed by atoms with van der Waals surface area (Å²) in [5, 5.41) is 0. The molecule has 1 aliphatic carbocycles. The molecule has 3 atom stereocenters. The molecule has 0 unspecified atom stereocenters. The van der Waals surface area contributed by atoms with Crippen LogP contribution < -0.4 is 29.6 Å². The van der Waals surface area contributed by atoms with Gasteiger partial charge in [0.1, 0.15) is 0 Å². The summed E-state index contributed by atoms with van der Waals surface area (Å²) in [6, 6.07) is 0. The topological polar surface area (TPSA) is 66.4 Å². The molecule has 1 saturated carbocycles. The molecule has 0 aliphatic heterocycles. The fourth-order valence-electron chi connectivity index (χ4n) is 2.38. The van der Waals surface area contributed by atoms with Gasteiger partial charge in [0, 0.05) is 0 Å². The van der Waals surface area contributed by atoms with Crippen molar-refractivity contribution >= 4 is 10.4 Å². The quantitative estimate of drug-likeness (QED) is 0.367. The van der Waals surface area contributed by atoms with Crippen molar-refractivity contribution in [3.63, 3.8) is 0 Å². The summed E-state index contributed by atoms with van der Waals surface area (Å²) in [5.41, 5.74) is 0. The van der Waals surface area contributed by atoms with Gasteiger partial charge in [0.25, 0.3) is 0 Å². The zero-order chi connectivity index (χ0) is 11.6. The largest absolute Gasteiger partial charge is 1.00 e. The van der Waals surface area contributed by atoms with Gasteiger partial charge in [-0.05, 0) is 30.6 Å². The van der Waals surface area contributed by atoms with Crippen LogP contribution in [0.25, 0.3) is 0 Å². The van der Waals surface area contributed by atoms with E-state index in [2.05, 4.69) is 11.1 Å². The van der Waals surface area contributed by atoms with Gasteiger partial charge in [0.2, 0.25) is 10.4 Å². The second-order valence-electron chi connectivity index (χ2n) is 4.87. The second kappa shape index (κ2) is 6.71. The summed E-state index contributed by atoms with van der Waals surface area (Å²) in [4.78, 5) is 0. The average Bonchev–Trinajstić information content (AvgIpc) is 1.99. The van der Waals surface area contributed by atoms with E-state index in [-0.39, 0.29) is 35.5 Å². The van der Waals surface area contributed by atoms with Crippen molar-refractivity contribution in [2.45, 2.75) is 46.1 Å². The van der Waals surface area contributed by atoms with Gasteiger partial charge in [-0.1, -0.05) is 27.2 Å². The van der Waals surface area contributed by atoms with Gasteiger partial charge in [-0.15, -0.1) is 0 Å². The summed E-state index contributed by atoms with van der Waals surface area (Å²) in [6.45, 7) is 6.13. The van der Waals surface area contributed by atoms with E-state index in [1.54, 1.807) is 0 Å². The Morgan fingerprint density at radius 3 is 2.31 bits per heavy atom. The molecule has 0 radical (unpaired) electrons. The van der Waals surface area contributed by atoms with Crippen molar-refractivity contribution in [1.29, 1.82) is 0 Å². The fourth-order valence-corrected chi connectivity index (χ4v) is 2.90. The normalized spacial score (nSPS) is 31.2. The number of rotatable bonds is 3. The summed E-state index contributed by atoms with van der Waals surface area (Å²) in [5.74, 6) is 0.973. The van der Waals surface area contributed by atoms with E-state index < -0.39 is 16.5 Å². The standard InChI is InChI=1S/C10H20O4S.Na/c1-7(2)9-5-4-8(3)6-10(9)14-15(11,12)13;/h7-10H,4-6H2,1-3H3,(H,11,12,13);/q;+1/p-1/t8-,9+,10-;/m1./s1. The SMILES string of the molecule is CC(C)[C@@H]1CC[C@@H](C)C[C@H]1OS(=O)(=O)[O-].[Na+]. The van der Waals surface area contributed by atoms with Gasteiger partial charge in [-0.2, -0.15) is 0 Å². The molecule has 0 aromatic carbocycles. The molecular formula is C10H19NaO4S. The predicted octanol–water partition coefficient (Wildman–Crippen LogP) is -1.07. The molecule has 0 saturated heterocycles. The van der Waals surface area contributed by atoms with Crippen LogP contribution in [0.2, 0.25) is 0 Å². The molecule has 1 fully saturated rings. The van der Waals surface area contributed by atoms with Gasteiger partial charge in [-0.25, -0.2) is 8.42 Å². The molecule has 0 N–H and O–H groups in total. The molecule has 0 heterocycles. The summed E-state index contributed by atoms with van der Waals surface area (Å²) < 4.78 is 36.4. The minimum atomic E-state index is -4.56. The molecule has 6 heteroatoms. The first kappa shape index (κ1) is 16.9. The van der Waals surface area contributed by atoms with Crippen molar-refractivity contribution in [3.05, 3.63) is 0 Å². The van der Waals surface area contributed by atoms with Crippen LogP contribution in [0.3, 0.4) is 0 Å². The van der Waals surface area contributed by atoms with E-state index in [9.17, 15) is 13.0 Å². The van der Waals surface area contributed by atoms with E-state index in [1.807, 2.05) is 13.8 Å². The predicted molar refractivity (Wildman–Crippen MR) is 55.9 cm³/mol. The Kier molecular flexibility index (Phi) is 7.07. The van der Waals surface area contributed by atoms with Crippen LogP contribution in [0.5, 0.6) is 0 Å². The molecule has 0 aromatic heterocycles. The number of hydrogen-bond acceptors (Lipinski definition) is 4. The third-order valence-corrected chi connectivity index (χ3v) is 3.69. The summed E-state index contributed by atoms with van der Waals surface area (Å²) >= 11 is 0. The van der Waals surface area contributed by atoms with Gasteiger partial charge in [0.05, 0.1) is 6.10 Å². The summed E-state index contributed by atoms with van der Waals surface area (Å²) in [7, 11) is -4.56. The van der Waals surface area contributed by atoms with E-state index in [4.69, 9.17) is 0 Å². The molecule has 1 rings (SSSR count). The molecule has 4 nitrogen and oxygen atoms in total. The van der Waals surface area contributed by atoms with Crippen LogP contribution in [0.15, 0.2) is 0 Å². The summed E-state index contributed by atoms with van der Waals surface area (Å²) in [6.07, 6.45) is 2.28. The minimum absolute atomic E-state index is 0. The minimum Gasteiger partial charge on any atom is -0.726 e. The van der Waals surface area contributed by atoms with E-state index in [0.717, 1.165) is 12.8 Å². The first-order valence-corrected chi connectivity index (χ1v) is 6.77. The van der Waals surface area contributed by atoms with Gasteiger partial charge < -0.3 is 4.55 Å². The monoisotopic (exact) mass is 258 g/mol. The van der Waals surface area contributed by atoms with Crippen molar-refractivity contribution in [3.8, 4) is 0 Å². The molecular weight excluding hydrogens is 239 g/mol. The van der Waals surface area contributed by atoms with Crippen LogP contribution in [-0.2, 0) is 14.6 Å².